The Morgan fingerprint density at radius 2 is 1.97 bits per heavy atom. The number of carbonyl (C=O) groups excluding carboxylic acids is 1. The summed E-state index contributed by atoms with van der Waals surface area (Å²) in [6.07, 6.45) is 4.31. The third-order valence-electron chi connectivity index (χ3n) is 4.42. The van der Waals surface area contributed by atoms with Gasteiger partial charge in [-0.1, -0.05) is 13.8 Å². The number of aromatic nitrogens is 2. The van der Waals surface area contributed by atoms with E-state index < -0.39 is 21.9 Å². The molecule has 2 N–H and O–H groups in total. The summed E-state index contributed by atoms with van der Waals surface area (Å²) in [5.74, 6) is -0.712. The molecule has 0 unspecified atom stereocenters. The molecule has 0 radical (unpaired) electrons. The minimum absolute atomic E-state index is 0.0490. The first-order valence-electron chi connectivity index (χ1n) is 9.81. The van der Waals surface area contributed by atoms with Gasteiger partial charge in [-0.15, -0.1) is 0 Å². The van der Waals surface area contributed by atoms with Crippen molar-refractivity contribution in [3.63, 3.8) is 0 Å². The molecule has 0 saturated heterocycles. The van der Waals surface area contributed by atoms with E-state index in [1.807, 2.05) is 32.4 Å². The second kappa shape index (κ2) is 10.3. The van der Waals surface area contributed by atoms with Crippen LogP contribution in [0.4, 0.5) is 14.9 Å². The predicted octanol–water partition coefficient (Wildman–Crippen LogP) is 3.98. The summed E-state index contributed by atoms with van der Waals surface area (Å²) in [6, 6.07) is 2.72. The maximum Gasteiger partial charge on any atom is 0.333 e. The van der Waals surface area contributed by atoms with Crippen LogP contribution in [0.1, 0.15) is 50.8 Å². The van der Waals surface area contributed by atoms with Crippen LogP contribution in [-0.2, 0) is 10.0 Å². The Hall–Kier alpha value is -3.34. The Morgan fingerprint density at radius 1 is 1.28 bits per heavy atom. The van der Waals surface area contributed by atoms with E-state index in [1.165, 1.54) is 48.5 Å². The summed E-state index contributed by atoms with van der Waals surface area (Å²) in [5.41, 5.74) is 1.37. The van der Waals surface area contributed by atoms with E-state index in [4.69, 9.17) is 0 Å². The molecule has 0 fully saturated rings. The van der Waals surface area contributed by atoms with E-state index in [2.05, 4.69) is 27.1 Å². The fraction of sp³-hybridized carbons (Fsp3) is 0.333. The molecular formula is C21H27FN6O3S. The highest BCUT2D eigenvalue weighted by Gasteiger charge is 2.24. The Labute approximate surface area is 187 Å². The summed E-state index contributed by atoms with van der Waals surface area (Å²) in [5, 5.41) is 6.24. The molecule has 32 heavy (non-hydrogen) atoms. The number of hydrogen-bond donors (Lipinski definition) is 2. The van der Waals surface area contributed by atoms with Gasteiger partial charge >= 0.3 is 6.03 Å². The average Bonchev–Trinajstić information content (AvgIpc) is 3.20. The van der Waals surface area contributed by atoms with E-state index in [-0.39, 0.29) is 28.2 Å². The molecule has 2 amide bonds. The first-order valence-corrected chi connectivity index (χ1v) is 11.3. The third kappa shape index (κ3) is 5.88. The van der Waals surface area contributed by atoms with Crippen molar-refractivity contribution >= 4 is 40.2 Å². The Morgan fingerprint density at radius 3 is 2.50 bits per heavy atom. The van der Waals surface area contributed by atoms with Crippen LogP contribution in [0.2, 0.25) is 0 Å². The molecule has 2 aromatic rings. The maximum atomic E-state index is 14.4. The van der Waals surface area contributed by atoms with Gasteiger partial charge in [-0.05, 0) is 50.2 Å². The van der Waals surface area contributed by atoms with Crippen molar-refractivity contribution in [1.82, 2.24) is 14.5 Å². The fourth-order valence-electron chi connectivity index (χ4n) is 2.93. The van der Waals surface area contributed by atoms with E-state index in [0.717, 1.165) is 0 Å². The number of urea groups is 1. The lowest BCUT2D eigenvalue weighted by Gasteiger charge is -2.19. The van der Waals surface area contributed by atoms with Crippen LogP contribution in [0.15, 0.2) is 45.6 Å². The van der Waals surface area contributed by atoms with Crippen molar-refractivity contribution in [3.8, 4) is 0 Å². The number of anilines is 1. The van der Waals surface area contributed by atoms with Gasteiger partial charge in [0, 0.05) is 42.8 Å². The van der Waals surface area contributed by atoms with Gasteiger partial charge in [0.05, 0.1) is 5.69 Å². The highest BCUT2D eigenvalue weighted by atomic mass is 32.2. The van der Waals surface area contributed by atoms with Crippen molar-refractivity contribution in [1.29, 1.82) is 0 Å². The van der Waals surface area contributed by atoms with E-state index >= 15 is 0 Å². The summed E-state index contributed by atoms with van der Waals surface area (Å²) in [6.45, 7) is 10.7. The lowest BCUT2D eigenvalue weighted by atomic mass is 9.94. The molecular weight excluding hydrogens is 435 g/mol. The van der Waals surface area contributed by atoms with Gasteiger partial charge in [0.15, 0.2) is 5.03 Å². The zero-order valence-corrected chi connectivity index (χ0v) is 19.4. The number of nitrogens with one attached hydrogen (secondary N) is 2. The summed E-state index contributed by atoms with van der Waals surface area (Å²) >= 11 is 0. The van der Waals surface area contributed by atoms with Gasteiger partial charge < -0.3 is 5.32 Å². The van der Waals surface area contributed by atoms with Gasteiger partial charge in [0.1, 0.15) is 5.82 Å². The molecule has 0 spiro atoms. The average molecular weight is 463 g/mol. The molecule has 9 nitrogen and oxygen atoms in total. The van der Waals surface area contributed by atoms with Crippen molar-refractivity contribution in [2.45, 2.75) is 44.7 Å². The van der Waals surface area contributed by atoms with Crippen LogP contribution in [-0.4, -0.2) is 44.2 Å². The van der Waals surface area contributed by atoms with Crippen LogP contribution in [0.3, 0.4) is 0 Å². The van der Waals surface area contributed by atoms with Gasteiger partial charge in [0.25, 0.3) is 10.0 Å². The molecule has 172 valence electrons. The topological polar surface area (TPSA) is 118 Å². The smallest absolute Gasteiger partial charge is 0.306 e. The molecule has 0 atom stereocenters. The van der Waals surface area contributed by atoms with Gasteiger partial charge in [-0.2, -0.15) is 13.5 Å². The maximum absolute atomic E-state index is 14.4. The molecule has 2 rings (SSSR count). The number of aliphatic imine (C=N–C) groups is 2. The van der Waals surface area contributed by atoms with Crippen LogP contribution in [0.5, 0.6) is 0 Å². The van der Waals surface area contributed by atoms with E-state index in [1.54, 1.807) is 0 Å². The molecule has 0 aliphatic rings. The standard InChI is InChI=1S/C21H27FN6O3S/c1-13(2)17-9-16(22)10-18(15(11-23-5)12-24-6)20(17)25-21(29)27-32(30,31)19-7-8-28(26-19)14(3)4/h7-14H,5H2,1-4,6H3,(H2,25,27,29)/b15-11+,24-12?. The molecule has 1 aromatic carbocycles. The van der Waals surface area contributed by atoms with Crippen molar-refractivity contribution in [3.05, 3.63) is 47.5 Å². The number of halogens is 1. The zero-order chi connectivity index (χ0) is 24.1. The minimum atomic E-state index is -4.22. The number of hydrogen-bond acceptors (Lipinski definition) is 6. The Bertz CT molecular complexity index is 1170. The Kier molecular flexibility index (Phi) is 8.03. The van der Waals surface area contributed by atoms with E-state index in [0.29, 0.717) is 11.1 Å². The molecule has 0 saturated carbocycles. The van der Waals surface area contributed by atoms with Crippen LogP contribution < -0.4 is 10.0 Å². The molecule has 1 aromatic heterocycles. The molecule has 0 aliphatic carbocycles. The minimum Gasteiger partial charge on any atom is -0.306 e. The predicted molar refractivity (Wildman–Crippen MR) is 124 cm³/mol. The monoisotopic (exact) mass is 462 g/mol. The van der Waals surface area contributed by atoms with Crippen molar-refractivity contribution < 1.29 is 17.6 Å². The van der Waals surface area contributed by atoms with Crippen LogP contribution >= 0.6 is 0 Å². The van der Waals surface area contributed by atoms with Crippen LogP contribution in [0.25, 0.3) is 5.57 Å². The number of amides is 2. The zero-order valence-electron chi connectivity index (χ0n) is 18.6. The second-order valence-electron chi connectivity index (χ2n) is 7.51. The Balaban J connectivity index is 2.46. The molecule has 11 heteroatoms. The van der Waals surface area contributed by atoms with Gasteiger partial charge in [-0.3, -0.25) is 14.7 Å². The number of carbonyl (C=O) groups is 1. The molecule has 1 heterocycles. The SMILES string of the molecule is C=N/C=C(\C=NC)c1cc(F)cc(C(C)C)c1NC(=O)NS(=O)(=O)c1ccn(C(C)C)n1. The lowest BCUT2D eigenvalue weighted by molar-refractivity contribution is 0.256. The van der Waals surface area contributed by atoms with Gasteiger partial charge in [-0.25, -0.2) is 13.9 Å². The van der Waals surface area contributed by atoms with Crippen molar-refractivity contribution in [2.75, 3.05) is 12.4 Å². The third-order valence-corrected chi connectivity index (χ3v) is 5.64. The lowest BCUT2D eigenvalue weighted by Crippen LogP contribution is -2.35. The van der Waals surface area contributed by atoms with Gasteiger partial charge in [0.2, 0.25) is 0 Å². The first-order chi connectivity index (χ1) is 15.0. The summed E-state index contributed by atoms with van der Waals surface area (Å²) in [7, 11) is -2.69. The second-order valence-corrected chi connectivity index (χ2v) is 9.14. The highest BCUT2D eigenvalue weighted by Crippen LogP contribution is 2.33. The molecule has 0 aliphatic heterocycles. The number of nitrogens with zero attached hydrogens (tertiary/aromatic N) is 4. The normalized spacial score (nSPS) is 12.6. The summed E-state index contributed by atoms with van der Waals surface area (Å²) in [4.78, 5) is 20.3. The number of benzene rings is 1. The fourth-order valence-corrected chi connectivity index (χ4v) is 3.77. The largest absolute Gasteiger partial charge is 0.333 e. The summed E-state index contributed by atoms with van der Waals surface area (Å²) < 4.78 is 43.0. The number of sulfonamides is 1. The number of rotatable bonds is 8. The van der Waals surface area contributed by atoms with E-state index in [9.17, 15) is 17.6 Å². The highest BCUT2D eigenvalue weighted by molar-refractivity contribution is 7.90. The van der Waals surface area contributed by atoms with Crippen LogP contribution in [0, 0.1) is 5.82 Å². The quantitative estimate of drug-likeness (QED) is 0.577. The number of allylic oxidation sites excluding steroid dienone is 1. The van der Waals surface area contributed by atoms with Crippen molar-refractivity contribution in [2.24, 2.45) is 9.98 Å². The molecule has 0 bridgehead atoms. The first kappa shape index (κ1) is 24.9.